The second kappa shape index (κ2) is 5.03. The minimum absolute atomic E-state index is 0.822. The summed E-state index contributed by atoms with van der Waals surface area (Å²) in [5.74, 6) is 0. The number of hydrogen-bond acceptors (Lipinski definition) is 2. The van der Waals surface area contributed by atoms with E-state index in [1.165, 1.54) is 6.54 Å². The molecule has 3 N–H and O–H groups in total. The van der Waals surface area contributed by atoms with Gasteiger partial charge < -0.3 is 15.5 Å². The lowest BCUT2D eigenvalue weighted by molar-refractivity contribution is -0.870. The second-order valence-corrected chi connectivity index (χ2v) is 4.88. The number of nitrogens with one attached hydrogen (secondary N) is 1. The van der Waals surface area contributed by atoms with E-state index in [9.17, 15) is 0 Å². The van der Waals surface area contributed by atoms with Gasteiger partial charge in [0.1, 0.15) is 0 Å². The smallest absolute Gasteiger partial charge is 0.0797 e. The molecule has 0 saturated heterocycles. The molecule has 0 aliphatic heterocycles. The SMILES string of the molecule is C[N+](C)(C)CCCNc1ccccc1N. The van der Waals surface area contributed by atoms with Crippen LogP contribution in [0.3, 0.4) is 0 Å². The Morgan fingerprint density at radius 2 is 1.87 bits per heavy atom. The lowest BCUT2D eigenvalue weighted by Gasteiger charge is -2.23. The van der Waals surface area contributed by atoms with Crippen molar-refractivity contribution >= 4 is 11.4 Å². The Morgan fingerprint density at radius 1 is 1.20 bits per heavy atom. The molecular formula is C12H22N3+. The van der Waals surface area contributed by atoms with E-state index in [2.05, 4.69) is 26.5 Å². The van der Waals surface area contributed by atoms with Gasteiger partial charge in [0.05, 0.1) is 39.1 Å². The first-order valence-corrected chi connectivity index (χ1v) is 5.38. The fraction of sp³-hybridized carbons (Fsp3) is 0.500. The van der Waals surface area contributed by atoms with Crippen LogP contribution in [-0.2, 0) is 0 Å². The first-order chi connectivity index (χ1) is 6.99. The Balaban J connectivity index is 2.30. The van der Waals surface area contributed by atoms with Crippen molar-refractivity contribution in [3.8, 4) is 0 Å². The Kier molecular flexibility index (Phi) is 3.97. The van der Waals surface area contributed by atoms with Gasteiger partial charge in [-0.25, -0.2) is 0 Å². The van der Waals surface area contributed by atoms with Gasteiger partial charge in [0.25, 0.3) is 0 Å². The van der Waals surface area contributed by atoms with Crippen molar-refractivity contribution in [2.24, 2.45) is 0 Å². The van der Waals surface area contributed by atoms with E-state index in [-0.39, 0.29) is 0 Å². The van der Waals surface area contributed by atoms with Gasteiger partial charge >= 0.3 is 0 Å². The molecule has 0 bridgehead atoms. The molecule has 3 nitrogen and oxygen atoms in total. The first-order valence-electron chi connectivity index (χ1n) is 5.38. The number of quaternary nitrogens is 1. The average molecular weight is 208 g/mol. The molecule has 0 atom stereocenters. The van der Waals surface area contributed by atoms with Gasteiger partial charge in [0.15, 0.2) is 0 Å². The van der Waals surface area contributed by atoms with Crippen molar-refractivity contribution in [1.82, 2.24) is 0 Å². The predicted molar refractivity (Wildman–Crippen MR) is 66.9 cm³/mol. The molecule has 84 valence electrons. The Morgan fingerprint density at radius 3 is 2.47 bits per heavy atom. The molecule has 0 aromatic heterocycles. The summed E-state index contributed by atoms with van der Waals surface area (Å²) >= 11 is 0. The molecule has 0 fully saturated rings. The molecule has 15 heavy (non-hydrogen) atoms. The van der Waals surface area contributed by atoms with Crippen molar-refractivity contribution in [3.63, 3.8) is 0 Å². The van der Waals surface area contributed by atoms with Crippen LogP contribution < -0.4 is 11.1 Å². The van der Waals surface area contributed by atoms with Gasteiger partial charge in [0, 0.05) is 13.0 Å². The van der Waals surface area contributed by atoms with Crippen molar-refractivity contribution < 1.29 is 4.48 Å². The highest BCUT2D eigenvalue weighted by atomic mass is 15.3. The third-order valence-corrected chi connectivity index (χ3v) is 2.28. The van der Waals surface area contributed by atoms with Crippen molar-refractivity contribution in [3.05, 3.63) is 24.3 Å². The topological polar surface area (TPSA) is 38.0 Å². The van der Waals surface area contributed by atoms with E-state index in [0.29, 0.717) is 0 Å². The van der Waals surface area contributed by atoms with Crippen LogP contribution in [-0.4, -0.2) is 38.7 Å². The Bertz CT molecular complexity index is 302. The molecule has 0 amide bonds. The van der Waals surface area contributed by atoms with Crippen LogP contribution in [0.5, 0.6) is 0 Å². The number of nitrogen functional groups attached to an aromatic ring is 1. The van der Waals surface area contributed by atoms with Crippen LogP contribution in [0, 0.1) is 0 Å². The van der Waals surface area contributed by atoms with E-state index in [1.807, 2.05) is 24.3 Å². The van der Waals surface area contributed by atoms with Crippen LogP contribution in [0.1, 0.15) is 6.42 Å². The molecule has 0 radical (unpaired) electrons. The van der Waals surface area contributed by atoms with Crippen LogP contribution in [0.2, 0.25) is 0 Å². The maximum Gasteiger partial charge on any atom is 0.0797 e. The van der Waals surface area contributed by atoms with Gasteiger partial charge in [0.2, 0.25) is 0 Å². The highest BCUT2D eigenvalue weighted by Gasteiger charge is 2.05. The first kappa shape index (κ1) is 11.9. The monoisotopic (exact) mass is 208 g/mol. The van der Waals surface area contributed by atoms with E-state index >= 15 is 0 Å². The highest BCUT2D eigenvalue weighted by Crippen LogP contribution is 2.16. The molecule has 1 aromatic rings. The summed E-state index contributed by atoms with van der Waals surface area (Å²) in [7, 11) is 6.62. The lowest BCUT2D eigenvalue weighted by atomic mass is 10.2. The standard InChI is InChI=1S/C12H22N3/c1-15(2,3)10-6-9-14-12-8-5-4-7-11(12)13/h4-5,7-8,14H,6,9-10,13H2,1-3H3/q+1. The van der Waals surface area contributed by atoms with Gasteiger partial charge in [-0.05, 0) is 12.1 Å². The molecule has 3 heteroatoms. The minimum atomic E-state index is 0.822. The lowest BCUT2D eigenvalue weighted by Crippen LogP contribution is -2.36. The Hall–Kier alpha value is -1.22. The fourth-order valence-corrected chi connectivity index (χ4v) is 1.43. The number of para-hydroxylation sites is 2. The summed E-state index contributed by atoms with van der Waals surface area (Å²) in [6.07, 6.45) is 1.15. The average Bonchev–Trinajstić information content (AvgIpc) is 2.13. The molecule has 0 spiro atoms. The third kappa shape index (κ3) is 4.70. The summed E-state index contributed by atoms with van der Waals surface area (Å²) < 4.78 is 1.01. The van der Waals surface area contributed by atoms with Crippen molar-refractivity contribution in [2.45, 2.75) is 6.42 Å². The van der Waals surface area contributed by atoms with E-state index in [0.717, 1.165) is 28.8 Å². The number of nitrogens with two attached hydrogens (primary N) is 1. The third-order valence-electron chi connectivity index (χ3n) is 2.28. The van der Waals surface area contributed by atoms with Crippen LogP contribution >= 0.6 is 0 Å². The summed E-state index contributed by atoms with van der Waals surface area (Å²) in [4.78, 5) is 0. The molecule has 0 aliphatic carbocycles. The zero-order chi connectivity index (χ0) is 11.3. The largest absolute Gasteiger partial charge is 0.397 e. The summed E-state index contributed by atoms with van der Waals surface area (Å²) in [5, 5.41) is 3.35. The summed E-state index contributed by atoms with van der Waals surface area (Å²) in [6, 6.07) is 7.88. The zero-order valence-electron chi connectivity index (χ0n) is 9.96. The number of rotatable bonds is 5. The van der Waals surface area contributed by atoms with Gasteiger partial charge in [-0.1, -0.05) is 12.1 Å². The van der Waals surface area contributed by atoms with Crippen molar-refractivity contribution in [2.75, 3.05) is 45.3 Å². The number of anilines is 2. The van der Waals surface area contributed by atoms with Crippen molar-refractivity contribution in [1.29, 1.82) is 0 Å². The molecule has 0 aliphatic rings. The molecule has 1 aromatic carbocycles. The number of hydrogen-bond donors (Lipinski definition) is 2. The maximum atomic E-state index is 5.82. The van der Waals surface area contributed by atoms with Gasteiger partial charge in [-0.2, -0.15) is 0 Å². The second-order valence-electron chi connectivity index (χ2n) is 4.88. The van der Waals surface area contributed by atoms with E-state index in [1.54, 1.807) is 0 Å². The van der Waals surface area contributed by atoms with Crippen LogP contribution in [0.25, 0.3) is 0 Å². The minimum Gasteiger partial charge on any atom is -0.397 e. The number of nitrogens with zero attached hydrogens (tertiary/aromatic N) is 1. The molecule has 0 unspecified atom stereocenters. The van der Waals surface area contributed by atoms with Crippen LogP contribution in [0.4, 0.5) is 11.4 Å². The highest BCUT2D eigenvalue weighted by molar-refractivity contribution is 5.65. The normalized spacial score (nSPS) is 11.4. The van der Waals surface area contributed by atoms with Gasteiger partial charge in [-0.15, -0.1) is 0 Å². The summed E-state index contributed by atoms with van der Waals surface area (Å²) in [6.45, 7) is 2.14. The fourth-order valence-electron chi connectivity index (χ4n) is 1.43. The molecule has 0 saturated carbocycles. The zero-order valence-corrected chi connectivity index (χ0v) is 9.96. The van der Waals surface area contributed by atoms with E-state index in [4.69, 9.17) is 5.73 Å². The molecule has 1 rings (SSSR count). The maximum absolute atomic E-state index is 5.82. The van der Waals surface area contributed by atoms with Gasteiger partial charge in [-0.3, -0.25) is 0 Å². The Labute approximate surface area is 92.5 Å². The van der Waals surface area contributed by atoms with Crippen LogP contribution in [0.15, 0.2) is 24.3 Å². The number of benzene rings is 1. The molecule has 0 heterocycles. The van der Waals surface area contributed by atoms with E-state index < -0.39 is 0 Å². The quantitative estimate of drug-likeness (QED) is 0.440. The predicted octanol–water partition coefficient (Wildman–Crippen LogP) is 1.78. The summed E-state index contributed by atoms with van der Waals surface area (Å²) in [5.41, 5.74) is 7.68. The molecular weight excluding hydrogens is 186 g/mol.